The Morgan fingerprint density at radius 3 is 2.19 bits per heavy atom. The van der Waals surface area contributed by atoms with Gasteiger partial charge in [0.2, 0.25) is 0 Å². The zero-order valence-corrected chi connectivity index (χ0v) is 19.0. The number of halogens is 1. The maximum atomic E-state index is 12.6. The zero-order chi connectivity index (χ0) is 22.6. The van der Waals surface area contributed by atoms with E-state index < -0.39 is 10.0 Å². The maximum Gasteiger partial charge on any atom is 0.262 e. The van der Waals surface area contributed by atoms with E-state index in [1.165, 1.54) is 18.2 Å². The van der Waals surface area contributed by atoms with Gasteiger partial charge in [-0.05, 0) is 92.1 Å². The van der Waals surface area contributed by atoms with E-state index in [9.17, 15) is 13.2 Å². The number of nitrogens with one attached hydrogen (secondary N) is 2. The Labute approximate surface area is 187 Å². The van der Waals surface area contributed by atoms with E-state index in [2.05, 4.69) is 10.0 Å². The van der Waals surface area contributed by atoms with Crippen LogP contribution < -0.4 is 14.8 Å². The summed E-state index contributed by atoms with van der Waals surface area (Å²) < 4.78 is 33.3. The first kappa shape index (κ1) is 22.7. The average Bonchev–Trinajstić information content (AvgIpc) is 2.71. The summed E-state index contributed by atoms with van der Waals surface area (Å²) in [6.07, 6.45) is 0. The van der Waals surface area contributed by atoms with Crippen molar-refractivity contribution >= 4 is 38.9 Å². The fraction of sp³-hybridized carbons (Fsp3) is 0.174. The molecule has 0 unspecified atom stereocenters. The van der Waals surface area contributed by atoms with Crippen LogP contribution in [0, 0.1) is 20.8 Å². The standard InChI is InChI=1S/C23H23ClN2O4S/c1-15-4-7-20(12-16(15)2)25-23(27)14-30-22-11-10-21(13-17(22)3)31(28,29)26-19-8-5-18(24)6-9-19/h4-13,26H,14H2,1-3H3,(H,25,27). The minimum Gasteiger partial charge on any atom is -0.483 e. The Hall–Kier alpha value is -3.03. The molecule has 2 N–H and O–H groups in total. The molecule has 0 spiro atoms. The average molecular weight is 459 g/mol. The van der Waals surface area contributed by atoms with Crippen LogP contribution in [0.25, 0.3) is 0 Å². The highest BCUT2D eigenvalue weighted by molar-refractivity contribution is 7.92. The van der Waals surface area contributed by atoms with E-state index >= 15 is 0 Å². The van der Waals surface area contributed by atoms with Crippen molar-refractivity contribution in [3.63, 3.8) is 0 Å². The third-order valence-corrected chi connectivity index (χ3v) is 6.33. The number of carbonyl (C=O) groups excluding carboxylic acids is 1. The van der Waals surface area contributed by atoms with Gasteiger partial charge in [0.25, 0.3) is 15.9 Å². The smallest absolute Gasteiger partial charge is 0.262 e. The van der Waals surface area contributed by atoms with Gasteiger partial charge in [-0.1, -0.05) is 17.7 Å². The minimum absolute atomic E-state index is 0.0897. The zero-order valence-electron chi connectivity index (χ0n) is 17.4. The Bertz CT molecular complexity index is 1210. The van der Waals surface area contributed by atoms with Crippen molar-refractivity contribution in [2.24, 2.45) is 0 Å². The summed E-state index contributed by atoms with van der Waals surface area (Å²) in [5, 5.41) is 3.30. The van der Waals surface area contributed by atoms with Crippen LogP contribution >= 0.6 is 11.6 Å². The molecule has 162 valence electrons. The fourth-order valence-electron chi connectivity index (χ4n) is 2.84. The van der Waals surface area contributed by atoms with Crippen molar-refractivity contribution in [2.75, 3.05) is 16.6 Å². The molecule has 0 saturated heterocycles. The van der Waals surface area contributed by atoms with E-state index in [1.54, 1.807) is 31.2 Å². The van der Waals surface area contributed by atoms with E-state index in [0.717, 1.165) is 11.1 Å². The summed E-state index contributed by atoms with van der Waals surface area (Å²) in [4.78, 5) is 12.3. The Morgan fingerprint density at radius 1 is 0.871 bits per heavy atom. The molecule has 0 atom stereocenters. The highest BCUT2D eigenvalue weighted by Crippen LogP contribution is 2.24. The fourth-order valence-corrected chi connectivity index (χ4v) is 4.11. The number of anilines is 2. The monoisotopic (exact) mass is 458 g/mol. The van der Waals surface area contributed by atoms with Crippen molar-refractivity contribution < 1.29 is 17.9 Å². The molecule has 0 aromatic heterocycles. The van der Waals surface area contributed by atoms with Crippen molar-refractivity contribution in [3.8, 4) is 5.75 Å². The molecule has 0 aliphatic rings. The summed E-state index contributed by atoms with van der Waals surface area (Å²) in [6, 6.07) is 16.5. The third-order valence-electron chi connectivity index (χ3n) is 4.70. The predicted octanol–water partition coefficient (Wildman–Crippen LogP) is 5.08. The predicted molar refractivity (Wildman–Crippen MR) is 123 cm³/mol. The van der Waals surface area contributed by atoms with Gasteiger partial charge in [0.15, 0.2) is 6.61 Å². The van der Waals surface area contributed by atoms with Crippen LogP contribution in [0.2, 0.25) is 5.02 Å². The first-order valence-corrected chi connectivity index (χ1v) is 11.4. The highest BCUT2D eigenvalue weighted by atomic mass is 35.5. The van der Waals surface area contributed by atoms with Gasteiger partial charge < -0.3 is 10.1 Å². The number of rotatable bonds is 7. The van der Waals surface area contributed by atoms with Crippen LogP contribution in [-0.2, 0) is 14.8 Å². The number of amides is 1. The molecule has 0 aliphatic heterocycles. The Morgan fingerprint density at radius 2 is 1.55 bits per heavy atom. The molecular weight excluding hydrogens is 436 g/mol. The summed E-state index contributed by atoms with van der Waals surface area (Å²) in [6.45, 7) is 5.50. The van der Waals surface area contributed by atoms with Crippen molar-refractivity contribution in [1.29, 1.82) is 0 Å². The second kappa shape index (κ2) is 9.41. The largest absolute Gasteiger partial charge is 0.483 e. The van der Waals surface area contributed by atoms with E-state index in [-0.39, 0.29) is 17.4 Å². The van der Waals surface area contributed by atoms with Crippen LogP contribution in [0.3, 0.4) is 0 Å². The minimum atomic E-state index is -3.77. The summed E-state index contributed by atoms with van der Waals surface area (Å²) in [5.74, 6) is 0.129. The van der Waals surface area contributed by atoms with Crippen LogP contribution in [0.5, 0.6) is 5.75 Å². The van der Waals surface area contributed by atoms with Gasteiger partial charge in [-0.2, -0.15) is 0 Å². The van der Waals surface area contributed by atoms with Gasteiger partial charge in [-0.3, -0.25) is 9.52 Å². The third kappa shape index (κ3) is 5.99. The number of hydrogen-bond donors (Lipinski definition) is 2. The molecule has 0 aliphatic carbocycles. The molecule has 0 radical (unpaired) electrons. The van der Waals surface area contributed by atoms with Crippen molar-refractivity contribution in [3.05, 3.63) is 82.4 Å². The second-order valence-corrected chi connectivity index (χ2v) is 9.29. The molecule has 8 heteroatoms. The van der Waals surface area contributed by atoms with Crippen molar-refractivity contribution in [1.82, 2.24) is 0 Å². The Balaban J connectivity index is 1.64. The number of carbonyl (C=O) groups is 1. The number of aryl methyl sites for hydroxylation is 3. The summed E-state index contributed by atoms with van der Waals surface area (Å²) in [5.41, 5.74) is 3.93. The van der Waals surface area contributed by atoms with Crippen LogP contribution in [0.1, 0.15) is 16.7 Å². The van der Waals surface area contributed by atoms with Gasteiger partial charge in [0.1, 0.15) is 5.75 Å². The lowest BCUT2D eigenvalue weighted by atomic mass is 10.1. The lowest BCUT2D eigenvalue weighted by Gasteiger charge is -2.13. The molecule has 1 amide bonds. The SMILES string of the molecule is Cc1ccc(NC(=O)COc2ccc(S(=O)(=O)Nc3ccc(Cl)cc3)cc2C)cc1C. The number of sulfonamides is 1. The number of ether oxygens (including phenoxy) is 1. The molecule has 0 bridgehead atoms. The second-order valence-electron chi connectivity index (χ2n) is 7.18. The van der Waals surface area contributed by atoms with E-state index in [0.29, 0.717) is 27.7 Å². The highest BCUT2D eigenvalue weighted by Gasteiger charge is 2.16. The van der Waals surface area contributed by atoms with E-state index in [4.69, 9.17) is 16.3 Å². The van der Waals surface area contributed by atoms with Gasteiger partial charge in [0, 0.05) is 16.4 Å². The van der Waals surface area contributed by atoms with Gasteiger partial charge in [-0.25, -0.2) is 8.42 Å². The normalized spacial score (nSPS) is 11.1. The number of hydrogen-bond acceptors (Lipinski definition) is 4. The molecule has 31 heavy (non-hydrogen) atoms. The van der Waals surface area contributed by atoms with Crippen LogP contribution in [-0.4, -0.2) is 20.9 Å². The lowest BCUT2D eigenvalue weighted by Crippen LogP contribution is -2.20. The first-order valence-electron chi connectivity index (χ1n) is 9.53. The molecule has 3 aromatic rings. The number of benzene rings is 3. The molecule has 3 aromatic carbocycles. The van der Waals surface area contributed by atoms with E-state index in [1.807, 2.05) is 32.0 Å². The molecule has 3 rings (SSSR count). The molecule has 6 nitrogen and oxygen atoms in total. The van der Waals surface area contributed by atoms with Gasteiger partial charge >= 0.3 is 0 Å². The maximum absolute atomic E-state index is 12.6. The molecule has 0 saturated carbocycles. The van der Waals surface area contributed by atoms with Crippen molar-refractivity contribution in [2.45, 2.75) is 25.7 Å². The van der Waals surface area contributed by atoms with Gasteiger partial charge in [0.05, 0.1) is 4.90 Å². The molecular formula is C23H23ClN2O4S. The quantitative estimate of drug-likeness (QED) is 0.516. The summed E-state index contributed by atoms with van der Waals surface area (Å²) in [7, 11) is -3.77. The topological polar surface area (TPSA) is 84.5 Å². The lowest BCUT2D eigenvalue weighted by molar-refractivity contribution is -0.118. The van der Waals surface area contributed by atoms with Gasteiger partial charge in [-0.15, -0.1) is 0 Å². The molecule has 0 fully saturated rings. The Kier molecular flexibility index (Phi) is 6.87. The van der Waals surface area contributed by atoms with Crippen LogP contribution in [0.15, 0.2) is 65.6 Å². The first-order chi connectivity index (χ1) is 14.6. The summed E-state index contributed by atoms with van der Waals surface area (Å²) >= 11 is 5.83. The molecule has 0 heterocycles. The van der Waals surface area contributed by atoms with Crippen LogP contribution in [0.4, 0.5) is 11.4 Å².